The number of pyridine rings is 2. The minimum Gasteiger partial charge on any atom is -0.350 e. The molecule has 0 aliphatic heterocycles. The fourth-order valence-corrected chi connectivity index (χ4v) is 2.53. The lowest BCUT2D eigenvalue weighted by molar-refractivity contribution is -0.130. The monoisotopic (exact) mass is 321 g/mol. The SMILES string of the molecule is CN(CC(=O)N(Cc1ccccn1)C1CC1)c1ccc(C#N)cn1. The van der Waals surface area contributed by atoms with Gasteiger partial charge in [0.05, 0.1) is 24.3 Å². The quantitative estimate of drug-likeness (QED) is 0.813. The van der Waals surface area contributed by atoms with Crippen molar-refractivity contribution < 1.29 is 4.79 Å². The highest BCUT2D eigenvalue weighted by Crippen LogP contribution is 2.28. The van der Waals surface area contributed by atoms with Crippen molar-refractivity contribution in [3.05, 3.63) is 54.0 Å². The largest absolute Gasteiger partial charge is 0.350 e. The zero-order valence-corrected chi connectivity index (χ0v) is 13.6. The van der Waals surface area contributed by atoms with Crippen LogP contribution in [0.2, 0.25) is 0 Å². The van der Waals surface area contributed by atoms with E-state index in [4.69, 9.17) is 5.26 Å². The Hall–Kier alpha value is -2.94. The smallest absolute Gasteiger partial charge is 0.242 e. The number of anilines is 1. The highest BCUT2D eigenvalue weighted by atomic mass is 16.2. The molecule has 0 spiro atoms. The Kier molecular flexibility index (Phi) is 4.71. The second-order valence-corrected chi connectivity index (χ2v) is 5.95. The molecule has 2 aromatic rings. The van der Waals surface area contributed by atoms with E-state index in [1.165, 1.54) is 6.20 Å². The number of carbonyl (C=O) groups excluding carboxylic acids is 1. The summed E-state index contributed by atoms with van der Waals surface area (Å²) in [6.45, 7) is 0.793. The van der Waals surface area contributed by atoms with Gasteiger partial charge in [0, 0.05) is 25.5 Å². The first-order valence-corrected chi connectivity index (χ1v) is 7.94. The Bertz CT molecular complexity index is 734. The van der Waals surface area contributed by atoms with Crippen LogP contribution >= 0.6 is 0 Å². The van der Waals surface area contributed by atoms with E-state index in [2.05, 4.69) is 9.97 Å². The zero-order valence-electron chi connectivity index (χ0n) is 13.6. The Labute approximate surface area is 141 Å². The summed E-state index contributed by atoms with van der Waals surface area (Å²) in [5.74, 6) is 0.743. The maximum atomic E-state index is 12.7. The second-order valence-electron chi connectivity index (χ2n) is 5.95. The lowest BCUT2D eigenvalue weighted by atomic mass is 10.3. The molecule has 0 bridgehead atoms. The normalized spacial score (nSPS) is 13.2. The van der Waals surface area contributed by atoms with Gasteiger partial charge in [-0.05, 0) is 37.1 Å². The fraction of sp³-hybridized carbons (Fsp3) is 0.333. The predicted octanol–water partition coefficient (Wildman–Crippen LogP) is 1.98. The molecule has 0 unspecified atom stereocenters. The standard InChI is InChI=1S/C18H19N5O/c1-22(17-8-5-14(10-19)11-21-17)13-18(24)23(16-6-7-16)12-15-4-2-3-9-20-15/h2-5,8-9,11,16H,6-7,12-13H2,1H3. The molecule has 0 aromatic carbocycles. The van der Waals surface area contributed by atoms with Gasteiger partial charge in [-0.1, -0.05) is 6.07 Å². The summed E-state index contributed by atoms with van der Waals surface area (Å²) in [5, 5.41) is 8.82. The van der Waals surface area contributed by atoms with Gasteiger partial charge in [0.1, 0.15) is 11.9 Å². The highest BCUT2D eigenvalue weighted by Gasteiger charge is 2.33. The topological polar surface area (TPSA) is 73.1 Å². The molecule has 1 fully saturated rings. The van der Waals surface area contributed by atoms with Crippen LogP contribution in [-0.4, -0.2) is 40.4 Å². The number of amides is 1. The van der Waals surface area contributed by atoms with E-state index < -0.39 is 0 Å². The molecule has 1 amide bonds. The molecule has 6 heteroatoms. The number of hydrogen-bond acceptors (Lipinski definition) is 5. The maximum Gasteiger partial charge on any atom is 0.242 e. The predicted molar refractivity (Wildman–Crippen MR) is 90.0 cm³/mol. The molecule has 1 saturated carbocycles. The van der Waals surface area contributed by atoms with Gasteiger partial charge in [0.15, 0.2) is 0 Å². The number of rotatable bonds is 6. The molecule has 122 valence electrons. The van der Waals surface area contributed by atoms with Crippen molar-refractivity contribution in [2.75, 3.05) is 18.5 Å². The Morgan fingerprint density at radius 1 is 1.29 bits per heavy atom. The van der Waals surface area contributed by atoms with E-state index >= 15 is 0 Å². The van der Waals surface area contributed by atoms with Crippen molar-refractivity contribution in [3.63, 3.8) is 0 Å². The summed E-state index contributed by atoms with van der Waals surface area (Å²) in [7, 11) is 1.83. The minimum atomic E-state index is 0.0665. The average Bonchev–Trinajstić information content (AvgIpc) is 3.45. The van der Waals surface area contributed by atoms with E-state index in [1.54, 1.807) is 23.2 Å². The highest BCUT2D eigenvalue weighted by molar-refractivity contribution is 5.81. The molecule has 0 saturated heterocycles. The van der Waals surface area contributed by atoms with Gasteiger partial charge in [0.2, 0.25) is 5.91 Å². The summed E-state index contributed by atoms with van der Waals surface area (Å²) in [4.78, 5) is 25.0. The van der Waals surface area contributed by atoms with Crippen LogP contribution in [0, 0.1) is 11.3 Å². The van der Waals surface area contributed by atoms with E-state index in [1.807, 2.05) is 36.2 Å². The molecular weight excluding hydrogens is 302 g/mol. The van der Waals surface area contributed by atoms with Gasteiger partial charge >= 0.3 is 0 Å². The number of hydrogen-bond donors (Lipinski definition) is 0. The lowest BCUT2D eigenvalue weighted by Crippen LogP contribution is -2.40. The van der Waals surface area contributed by atoms with E-state index in [0.717, 1.165) is 18.5 Å². The molecule has 1 aliphatic carbocycles. The van der Waals surface area contributed by atoms with Crippen molar-refractivity contribution in [1.82, 2.24) is 14.9 Å². The summed E-state index contributed by atoms with van der Waals surface area (Å²) < 4.78 is 0. The molecule has 2 heterocycles. The van der Waals surface area contributed by atoms with Crippen molar-refractivity contribution in [1.29, 1.82) is 5.26 Å². The number of aromatic nitrogens is 2. The Morgan fingerprint density at radius 2 is 2.12 bits per heavy atom. The summed E-state index contributed by atoms with van der Waals surface area (Å²) in [6, 6.07) is 11.6. The van der Waals surface area contributed by atoms with Gasteiger partial charge in [-0.15, -0.1) is 0 Å². The van der Waals surface area contributed by atoms with E-state index in [-0.39, 0.29) is 12.5 Å². The first-order chi connectivity index (χ1) is 11.7. The molecule has 0 radical (unpaired) electrons. The number of nitriles is 1. The summed E-state index contributed by atoms with van der Waals surface area (Å²) in [5.41, 5.74) is 1.41. The third-order valence-corrected chi connectivity index (χ3v) is 4.01. The van der Waals surface area contributed by atoms with Crippen LogP contribution in [-0.2, 0) is 11.3 Å². The number of likely N-dealkylation sites (N-methyl/N-ethyl adjacent to an activating group) is 1. The van der Waals surface area contributed by atoms with Crippen LogP contribution in [0.25, 0.3) is 0 Å². The summed E-state index contributed by atoms with van der Waals surface area (Å²) >= 11 is 0. The van der Waals surface area contributed by atoms with Crippen LogP contribution in [0.1, 0.15) is 24.1 Å². The molecule has 6 nitrogen and oxygen atoms in total. The lowest BCUT2D eigenvalue weighted by Gasteiger charge is -2.25. The van der Waals surface area contributed by atoms with E-state index in [0.29, 0.717) is 24.0 Å². The Balaban J connectivity index is 1.65. The molecule has 1 aliphatic rings. The van der Waals surface area contributed by atoms with Crippen molar-refractivity contribution in [2.45, 2.75) is 25.4 Å². The van der Waals surface area contributed by atoms with Gasteiger partial charge in [0.25, 0.3) is 0 Å². The molecule has 2 aromatic heterocycles. The summed E-state index contributed by atoms with van der Waals surface area (Å²) in [6.07, 6.45) is 5.37. The molecule has 0 atom stereocenters. The molecule has 24 heavy (non-hydrogen) atoms. The van der Waals surface area contributed by atoms with Gasteiger partial charge < -0.3 is 9.80 Å². The molecular formula is C18H19N5O. The number of nitrogens with zero attached hydrogens (tertiary/aromatic N) is 5. The zero-order chi connectivity index (χ0) is 16.9. The van der Waals surface area contributed by atoms with Crippen molar-refractivity contribution >= 4 is 11.7 Å². The third-order valence-electron chi connectivity index (χ3n) is 4.01. The van der Waals surface area contributed by atoms with E-state index in [9.17, 15) is 4.79 Å². The van der Waals surface area contributed by atoms with Crippen LogP contribution in [0.5, 0.6) is 0 Å². The first kappa shape index (κ1) is 15.9. The average molecular weight is 321 g/mol. The maximum absolute atomic E-state index is 12.7. The van der Waals surface area contributed by atoms with Crippen molar-refractivity contribution in [3.8, 4) is 6.07 Å². The van der Waals surface area contributed by atoms with Crippen molar-refractivity contribution in [2.24, 2.45) is 0 Å². The number of carbonyl (C=O) groups is 1. The Morgan fingerprint density at radius 3 is 2.71 bits per heavy atom. The minimum absolute atomic E-state index is 0.0665. The third kappa shape index (κ3) is 3.87. The second kappa shape index (κ2) is 7.09. The van der Waals surface area contributed by atoms with Crippen LogP contribution in [0.4, 0.5) is 5.82 Å². The molecule has 0 N–H and O–H groups in total. The van der Waals surface area contributed by atoms with Crippen LogP contribution < -0.4 is 4.90 Å². The van der Waals surface area contributed by atoms with Crippen LogP contribution in [0.3, 0.4) is 0 Å². The fourth-order valence-electron chi connectivity index (χ4n) is 2.53. The van der Waals surface area contributed by atoms with Gasteiger partial charge in [-0.3, -0.25) is 9.78 Å². The first-order valence-electron chi connectivity index (χ1n) is 7.94. The molecule has 3 rings (SSSR count). The van der Waals surface area contributed by atoms with Crippen LogP contribution in [0.15, 0.2) is 42.7 Å². The van der Waals surface area contributed by atoms with Gasteiger partial charge in [-0.2, -0.15) is 5.26 Å². The van der Waals surface area contributed by atoms with Gasteiger partial charge in [-0.25, -0.2) is 4.98 Å².